The van der Waals surface area contributed by atoms with Crippen molar-refractivity contribution in [1.82, 2.24) is 0 Å². The van der Waals surface area contributed by atoms with Gasteiger partial charge in [0.15, 0.2) is 0 Å². The first kappa shape index (κ1) is 10.7. The third-order valence-electron chi connectivity index (χ3n) is 2.83. The highest BCUT2D eigenvalue weighted by Crippen LogP contribution is 2.26. The molecule has 0 aliphatic heterocycles. The Hall–Kier alpha value is -1.82. The highest BCUT2D eigenvalue weighted by Gasteiger charge is 2.02. The summed E-state index contributed by atoms with van der Waals surface area (Å²) < 4.78 is 0. The molecule has 0 N–H and O–H groups in total. The van der Waals surface area contributed by atoms with Crippen molar-refractivity contribution < 1.29 is 0 Å². The molecule has 0 aromatic heterocycles. The molecule has 0 spiro atoms. The van der Waals surface area contributed by atoms with Gasteiger partial charge in [0, 0.05) is 0 Å². The van der Waals surface area contributed by atoms with Crippen molar-refractivity contribution in [3.8, 4) is 0 Å². The van der Waals surface area contributed by atoms with Crippen molar-refractivity contribution in [3.63, 3.8) is 0 Å². The second kappa shape index (κ2) is 3.97. The smallest absolute Gasteiger partial charge is 0.0103 e. The summed E-state index contributed by atoms with van der Waals surface area (Å²) in [7, 11) is 0. The standard InChI is InChI=1S/C16H16/c1-11(2)14-9-8-13-6-5-7-15(12(3)4)16(13)10-14/h5-10H,1,3H2,2,4H3. The summed E-state index contributed by atoms with van der Waals surface area (Å²) in [6.45, 7) is 12.1. The molecule has 2 aromatic carbocycles. The van der Waals surface area contributed by atoms with E-state index in [1.165, 1.54) is 21.9 Å². The van der Waals surface area contributed by atoms with E-state index in [0.717, 1.165) is 11.1 Å². The van der Waals surface area contributed by atoms with E-state index in [2.05, 4.69) is 49.6 Å². The van der Waals surface area contributed by atoms with E-state index in [4.69, 9.17) is 0 Å². The Balaban J connectivity index is 2.78. The molecule has 0 radical (unpaired) electrons. The van der Waals surface area contributed by atoms with Crippen molar-refractivity contribution in [3.05, 3.63) is 60.7 Å². The Morgan fingerprint density at radius 3 is 2.31 bits per heavy atom. The van der Waals surface area contributed by atoms with Gasteiger partial charge in [0.25, 0.3) is 0 Å². The zero-order chi connectivity index (χ0) is 11.7. The topological polar surface area (TPSA) is 0 Å². The maximum absolute atomic E-state index is 4.03. The maximum atomic E-state index is 4.03. The molecule has 80 valence electrons. The largest absolute Gasteiger partial charge is 0.0955 e. The predicted octanol–water partition coefficient (Wildman–Crippen LogP) is 4.91. The highest BCUT2D eigenvalue weighted by atomic mass is 14.1. The van der Waals surface area contributed by atoms with Crippen molar-refractivity contribution >= 4 is 21.9 Å². The molecule has 0 amide bonds. The summed E-state index contributed by atoms with van der Waals surface area (Å²) in [5.74, 6) is 0. The van der Waals surface area contributed by atoms with E-state index in [1.54, 1.807) is 0 Å². The molecule has 0 heteroatoms. The molecule has 2 rings (SSSR count). The van der Waals surface area contributed by atoms with Crippen LogP contribution in [0.5, 0.6) is 0 Å². The van der Waals surface area contributed by atoms with E-state index in [0.29, 0.717) is 0 Å². The number of fused-ring (bicyclic) bond motifs is 1. The molecule has 0 unspecified atom stereocenters. The summed E-state index contributed by atoms with van der Waals surface area (Å²) in [5, 5.41) is 2.51. The van der Waals surface area contributed by atoms with Crippen LogP contribution in [-0.2, 0) is 0 Å². The van der Waals surface area contributed by atoms with Crippen LogP contribution in [0.3, 0.4) is 0 Å². The minimum atomic E-state index is 1.10. The van der Waals surface area contributed by atoms with E-state index in [-0.39, 0.29) is 0 Å². The quantitative estimate of drug-likeness (QED) is 0.658. The molecule has 0 saturated carbocycles. The Morgan fingerprint density at radius 2 is 1.69 bits per heavy atom. The molecule has 0 aliphatic carbocycles. The van der Waals surface area contributed by atoms with Crippen LogP contribution in [0, 0.1) is 0 Å². The Kier molecular flexibility index (Phi) is 2.66. The third kappa shape index (κ3) is 1.79. The van der Waals surface area contributed by atoms with Crippen LogP contribution in [0.1, 0.15) is 25.0 Å². The second-order valence-corrected chi connectivity index (χ2v) is 4.30. The fraction of sp³-hybridized carbons (Fsp3) is 0.125. The van der Waals surface area contributed by atoms with E-state index in [9.17, 15) is 0 Å². The SMILES string of the molecule is C=C(C)c1ccc2cccc(C(=C)C)c2c1. The Bertz CT molecular complexity index is 574. The Morgan fingerprint density at radius 1 is 0.938 bits per heavy atom. The minimum absolute atomic E-state index is 1.10. The summed E-state index contributed by atoms with van der Waals surface area (Å²) in [6, 6.07) is 12.8. The van der Waals surface area contributed by atoms with Gasteiger partial charge in [-0.05, 0) is 41.8 Å². The first-order chi connectivity index (χ1) is 7.59. The molecular weight excluding hydrogens is 192 g/mol. The van der Waals surface area contributed by atoms with Crippen LogP contribution in [0.25, 0.3) is 21.9 Å². The number of benzene rings is 2. The molecule has 0 nitrogen and oxygen atoms in total. The van der Waals surface area contributed by atoms with Crippen LogP contribution in [0.15, 0.2) is 49.6 Å². The fourth-order valence-electron chi connectivity index (χ4n) is 1.91. The second-order valence-electron chi connectivity index (χ2n) is 4.30. The van der Waals surface area contributed by atoms with E-state index >= 15 is 0 Å². The summed E-state index contributed by atoms with van der Waals surface area (Å²) in [4.78, 5) is 0. The normalized spacial score (nSPS) is 10.4. The van der Waals surface area contributed by atoms with Gasteiger partial charge in [0.05, 0.1) is 0 Å². The van der Waals surface area contributed by atoms with Gasteiger partial charge in [0.1, 0.15) is 0 Å². The van der Waals surface area contributed by atoms with Gasteiger partial charge in [-0.15, -0.1) is 0 Å². The van der Waals surface area contributed by atoms with Gasteiger partial charge in [0.2, 0.25) is 0 Å². The van der Waals surface area contributed by atoms with E-state index in [1.807, 2.05) is 13.8 Å². The van der Waals surface area contributed by atoms with Gasteiger partial charge in [-0.3, -0.25) is 0 Å². The molecular formula is C16H16. The predicted molar refractivity (Wildman–Crippen MR) is 73.4 cm³/mol. The lowest BCUT2D eigenvalue weighted by atomic mass is 9.97. The molecule has 2 aromatic rings. The zero-order valence-corrected chi connectivity index (χ0v) is 9.88. The van der Waals surface area contributed by atoms with Crippen LogP contribution < -0.4 is 0 Å². The highest BCUT2D eigenvalue weighted by molar-refractivity contribution is 5.94. The van der Waals surface area contributed by atoms with Crippen molar-refractivity contribution in [1.29, 1.82) is 0 Å². The van der Waals surface area contributed by atoms with Gasteiger partial charge < -0.3 is 0 Å². The third-order valence-corrected chi connectivity index (χ3v) is 2.83. The van der Waals surface area contributed by atoms with Crippen LogP contribution in [-0.4, -0.2) is 0 Å². The van der Waals surface area contributed by atoms with Crippen molar-refractivity contribution in [2.45, 2.75) is 13.8 Å². The van der Waals surface area contributed by atoms with Gasteiger partial charge in [-0.25, -0.2) is 0 Å². The van der Waals surface area contributed by atoms with Crippen LogP contribution in [0.2, 0.25) is 0 Å². The number of hydrogen-bond acceptors (Lipinski definition) is 0. The molecule has 0 aliphatic rings. The monoisotopic (exact) mass is 208 g/mol. The van der Waals surface area contributed by atoms with Crippen LogP contribution >= 0.6 is 0 Å². The average molecular weight is 208 g/mol. The number of allylic oxidation sites excluding steroid dienone is 2. The molecule has 0 saturated heterocycles. The molecule has 0 heterocycles. The minimum Gasteiger partial charge on any atom is -0.0955 e. The zero-order valence-electron chi connectivity index (χ0n) is 9.88. The average Bonchev–Trinajstić information content (AvgIpc) is 2.27. The summed E-state index contributed by atoms with van der Waals surface area (Å²) >= 11 is 0. The first-order valence-corrected chi connectivity index (χ1v) is 5.44. The lowest BCUT2D eigenvalue weighted by molar-refractivity contribution is 1.59. The van der Waals surface area contributed by atoms with Crippen molar-refractivity contribution in [2.75, 3.05) is 0 Å². The lowest BCUT2D eigenvalue weighted by Gasteiger charge is -2.08. The fourth-order valence-corrected chi connectivity index (χ4v) is 1.91. The van der Waals surface area contributed by atoms with Crippen LogP contribution in [0.4, 0.5) is 0 Å². The molecule has 0 fully saturated rings. The molecule has 0 atom stereocenters. The van der Waals surface area contributed by atoms with E-state index < -0.39 is 0 Å². The molecule has 16 heavy (non-hydrogen) atoms. The summed E-state index contributed by atoms with van der Waals surface area (Å²) in [5.41, 5.74) is 4.62. The number of hydrogen-bond donors (Lipinski definition) is 0. The lowest BCUT2D eigenvalue weighted by Crippen LogP contribution is -1.85. The maximum Gasteiger partial charge on any atom is -0.0103 e. The Labute approximate surface area is 96.9 Å². The van der Waals surface area contributed by atoms with Gasteiger partial charge >= 0.3 is 0 Å². The summed E-state index contributed by atoms with van der Waals surface area (Å²) in [6.07, 6.45) is 0. The number of rotatable bonds is 2. The van der Waals surface area contributed by atoms with Gasteiger partial charge in [-0.1, -0.05) is 54.6 Å². The first-order valence-electron chi connectivity index (χ1n) is 5.44. The van der Waals surface area contributed by atoms with Gasteiger partial charge in [-0.2, -0.15) is 0 Å². The molecule has 0 bridgehead atoms. The van der Waals surface area contributed by atoms with Crippen molar-refractivity contribution in [2.24, 2.45) is 0 Å².